The summed E-state index contributed by atoms with van der Waals surface area (Å²) in [5, 5.41) is 2.23. The molecule has 3 aliphatic heterocycles. The van der Waals surface area contributed by atoms with Crippen molar-refractivity contribution in [1.29, 1.82) is 0 Å². The Balaban J connectivity index is 1.16. The number of piperidine rings is 2. The number of fused-ring (bicyclic) bond motifs is 1. The summed E-state index contributed by atoms with van der Waals surface area (Å²) in [7, 11) is 3.38. The van der Waals surface area contributed by atoms with E-state index in [-0.39, 0.29) is 37.2 Å². The fourth-order valence-electron chi connectivity index (χ4n) is 6.16. The van der Waals surface area contributed by atoms with Crippen LogP contribution in [-0.4, -0.2) is 80.4 Å². The Kier molecular flexibility index (Phi) is 7.60. The van der Waals surface area contributed by atoms with E-state index in [1.807, 2.05) is 6.07 Å². The highest BCUT2D eigenvalue weighted by Crippen LogP contribution is 2.34. The highest BCUT2D eigenvalue weighted by Gasteiger charge is 2.44. The van der Waals surface area contributed by atoms with Gasteiger partial charge in [-0.25, -0.2) is 0 Å². The maximum atomic E-state index is 13.1. The van der Waals surface area contributed by atoms with Crippen LogP contribution in [0.15, 0.2) is 18.2 Å². The lowest BCUT2D eigenvalue weighted by atomic mass is 9.86. The Morgan fingerprint density at radius 1 is 0.838 bits per heavy atom. The lowest BCUT2D eigenvalue weighted by Crippen LogP contribution is -2.54. The predicted octanol–water partition coefficient (Wildman–Crippen LogP) is 2.25. The molecular weight excluding hydrogens is 478 g/mol. The molecule has 0 aromatic heterocycles. The van der Waals surface area contributed by atoms with Crippen LogP contribution in [0.5, 0.6) is 0 Å². The zero-order chi connectivity index (χ0) is 26.1. The second kappa shape index (κ2) is 10.9. The quantitative estimate of drug-likeness (QED) is 0.436. The maximum Gasteiger partial charge on any atom is 0.262 e. The minimum Gasteiger partial charge on any atom is -0.375 e. The van der Waals surface area contributed by atoms with Crippen molar-refractivity contribution in [3.05, 3.63) is 29.3 Å². The van der Waals surface area contributed by atoms with Crippen molar-refractivity contribution in [3.8, 4) is 0 Å². The van der Waals surface area contributed by atoms with Crippen molar-refractivity contribution in [1.82, 2.24) is 10.2 Å². The van der Waals surface area contributed by atoms with E-state index in [0.717, 1.165) is 62.2 Å². The molecule has 2 saturated heterocycles. The van der Waals surface area contributed by atoms with Crippen LogP contribution in [0, 0.1) is 5.92 Å². The van der Waals surface area contributed by atoms with Gasteiger partial charge in [0.2, 0.25) is 11.8 Å². The number of amides is 4. The fraction of sp³-hybridized carbons (Fsp3) is 0.630. The van der Waals surface area contributed by atoms with Gasteiger partial charge in [0.05, 0.1) is 23.3 Å². The van der Waals surface area contributed by atoms with Gasteiger partial charge in [-0.1, -0.05) is 0 Å². The Morgan fingerprint density at radius 3 is 2.14 bits per heavy atom. The molecule has 1 aromatic carbocycles. The monoisotopic (exact) mass is 513 g/mol. The van der Waals surface area contributed by atoms with Crippen LogP contribution >= 0.6 is 0 Å². The molecule has 3 fully saturated rings. The molecule has 0 bridgehead atoms. The Bertz CT molecular complexity index is 1060. The third-order valence-electron chi connectivity index (χ3n) is 8.18. The van der Waals surface area contributed by atoms with Gasteiger partial charge in [0.25, 0.3) is 11.8 Å². The molecule has 1 aliphatic carbocycles. The lowest BCUT2D eigenvalue weighted by Gasteiger charge is -2.37. The molecule has 0 radical (unpaired) electrons. The third kappa shape index (κ3) is 5.15. The van der Waals surface area contributed by atoms with Crippen LogP contribution in [-0.2, 0) is 23.8 Å². The third-order valence-corrected chi connectivity index (χ3v) is 8.18. The number of nitrogens with one attached hydrogen (secondary N) is 1. The number of benzene rings is 1. The Labute approximate surface area is 216 Å². The van der Waals surface area contributed by atoms with E-state index in [0.29, 0.717) is 17.0 Å². The van der Waals surface area contributed by atoms with E-state index in [1.54, 1.807) is 26.4 Å². The molecule has 37 heavy (non-hydrogen) atoms. The van der Waals surface area contributed by atoms with Crippen molar-refractivity contribution >= 4 is 29.3 Å². The summed E-state index contributed by atoms with van der Waals surface area (Å²) in [6.45, 7) is 1.60. The number of carbonyl (C=O) groups is 4. The summed E-state index contributed by atoms with van der Waals surface area (Å²) in [5.41, 5.74) is 1.50. The van der Waals surface area contributed by atoms with Gasteiger partial charge >= 0.3 is 0 Å². The van der Waals surface area contributed by atoms with E-state index in [9.17, 15) is 19.2 Å². The molecule has 3 heterocycles. The highest BCUT2D eigenvalue weighted by molar-refractivity contribution is 6.23. The number of carbonyl (C=O) groups excluding carboxylic acids is 4. The summed E-state index contributed by atoms with van der Waals surface area (Å²) in [5.74, 6) is -1.53. The van der Waals surface area contributed by atoms with Crippen molar-refractivity contribution in [2.45, 2.75) is 75.9 Å². The largest absolute Gasteiger partial charge is 0.375 e. The predicted molar refractivity (Wildman–Crippen MR) is 133 cm³/mol. The number of methoxy groups -OCH3 is 2. The van der Waals surface area contributed by atoms with Crippen LogP contribution in [0.3, 0.4) is 0 Å². The minimum absolute atomic E-state index is 0.106. The van der Waals surface area contributed by atoms with Gasteiger partial charge in [-0.05, 0) is 63.1 Å². The number of nitrogens with zero attached hydrogens (tertiary/aromatic N) is 2. The average Bonchev–Trinajstić information content (AvgIpc) is 3.15. The summed E-state index contributed by atoms with van der Waals surface area (Å²) >= 11 is 0. The second-order valence-electron chi connectivity index (χ2n) is 10.4. The zero-order valence-corrected chi connectivity index (χ0v) is 21.4. The molecule has 4 aliphatic rings. The first-order chi connectivity index (χ1) is 17.9. The van der Waals surface area contributed by atoms with Crippen molar-refractivity contribution in [2.24, 2.45) is 5.92 Å². The van der Waals surface area contributed by atoms with Crippen LogP contribution in [0.25, 0.3) is 0 Å². The number of rotatable bonds is 7. The molecule has 200 valence electrons. The molecule has 4 amide bonds. The molecule has 5 rings (SSSR count). The van der Waals surface area contributed by atoms with Gasteiger partial charge in [0.1, 0.15) is 6.04 Å². The van der Waals surface area contributed by atoms with E-state index in [1.165, 1.54) is 0 Å². The van der Waals surface area contributed by atoms with Crippen molar-refractivity contribution < 1.29 is 33.4 Å². The molecular formula is C27H35N3O7. The normalized spacial score (nSPS) is 27.2. The minimum atomic E-state index is -0.952. The summed E-state index contributed by atoms with van der Waals surface area (Å²) in [6, 6.07) is 4.34. The lowest BCUT2D eigenvalue weighted by molar-refractivity contribution is -0.153. The number of anilines is 1. The first-order valence-electron chi connectivity index (χ1n) is 13.2. The summed E-state index contributed by atoms with van der Waals surface area (Å²) in [4.78, 5) is 53.1. The summed E-state index contributed by atoms with van der Waals surface area (Å²) in [6.07, 6.45) is 6.47. The standard InChI is InChI=1S/C27H35N3O7/c1-35-27(36-2)16-3-6-18(7-4-16)37-19-11-13-29(14-12-19)17-5-8-20-21(15-17)26(34)30(25(20)33)22-9-10-23(31)28-24(22)32/h5,8,15-16,18-19,22,27H,3-4,6-7,9-14H2,1-2H3,(H,28,31,32)/t16-,18-,22?. The van der Waals surface area contributed by atoms with E-state index < -0.39 is 23.8 Å². The van der Waals surface area contributed by atoms with Gasteiger partial charge in [0, 0.05) is 45.3 Å². The van der Waals surface area contributed by atoms with Crippen molar-refractivity contribution in [2.75, 3.05) is 32.2 Å². The average molecular weight is 514 g/mol. The molecule has 1 aromatic rings. The number of hydrogen-bond donors (Lipinski definition) is 1. The van der Waals surface area contributed by atoms with Crippen molar-refractivity contribution in [3.63, 3.8) is 0 Å². The maximum absolute atomic E-state index is 13.1. The molecule has 1 atom stereocenters. The molecule has 1 unspecified atom stereocenters. The van der Waals surface area contributed by atoms with Gasteiger partial charge in [-0.15, -0.1) is 0 Å². The SMILES string of the molecule is COC(OC)[C@H]1CC[C@H](OC2CCN(c3ccc4c(c3)C(=O)N(C3CCC(=O)NC3=O)C4=O)CC2)CC1. The van der Waals surface area contributed by atoms with Gasteiger partial charge < -0.3 is 19.1 Å². The Morgan fingerprint density at radius 2 is 1.49 bits per heavy atom. The molecule has 10 heteroatoms. The van der Waals surface area contributed by atoms with E-state index in [4.69, 9.17) is 14.2 Å². The first kappa shape index (κ1) is 25.8. The number of hydrogen-bond acceptors (Lipinski definition) is 8. The molecule has 1 N–H and O–H groups in total. The van der Waals surface area contributed by atoms with Gasteiger partial charge in [-0.3, -0.25) is 29.4 Å². The first-order valence-corrected chi connectivity index (χ1v) is 13.2. The van der Waals surface area contributed by atoms with Crippen LogP contribution in [0.2, 0.25) is 0 Å². The highest BCUT2D eigenvalue weighted by atomic mass is 16.7. The van der Waals surface area contributed by atoms with Gasteiger partial charge in [0.15, 0.2) is 6.29 Å². The molecule has 10 nitrogen and oxygen atoms in total. The molecule has 0 spiro atoms. The van der Waals surface area contributed by atoms with Crippen LogP contribution in [0.1, 0.15) is 72.1 Å². The Hall–Kier alpha value is -2.82. The number of ether oxygens (including phenoxy) is 3. The fourth-order valence-corrected chi connectivity index (χ4v) is 6.16. The zero-order valence-electron chi connectivity index (χ0n) is 21.4. The van der Waals surface area contributed by atoms with Crippen LogP contribution < -0.4 is 10.2 Å². The van der Waals surface area contributed by atoms with E-state index >= 15 is 0 Å². The smallest absolute Gasteiger partial charge is 0.262 e. The topological polar surface area (TPSA) is 114 Å². The number of imide groups is 2. The van der Waals surface area contributed by atoms with Gasteiger partial charge in [-0.2, -0.15) is 0 Å². The summed E-state index contributed by atoms with van der Waals surface area (Å²) < 4.78 is 17.3. The second-order valence-corrected chi connectivity index (χ2v) is 10.4. The van der Waals surface area contributed by atoms with Crippen LogP contribution in [0.4, 0.5) is 5.69 Å². The van der Waals surface area contributed by atoms with E-state index in [2.05, 4.69) is 10.2 Å². The molecule has 1 saturated carbocycles.